The number of hydrogen-bond donors (Lipinski definition) is 2. The van der Waals surface area contributed by atoms with E-state index in [4.69, 9.17) is 0 Å². The third kappa shape index (κ3) is 5.28. The van der Waals surface area contributed by atoms with Crippen molar-refractivity contribution in [2.24, 2.45) is 11.3 Å². The number of carboxylic acid groups (broad SMARTS) is 1. The average Bonchev–Trinajstić information content (AvgIpc) is 3.42. The Morgan fingerprint density at radius 2 is 1.95 bits per heavy atom. The van der Waals surface area contributed by atoms with Gasteiger partial charge in [-0.15, -0.1) is 0 Å². The number of hydrogen-bond acceptors (Lipinski definition) is 5. The zero-order valence-electron chi connectivity index (χ0n) is 21.9. The molecule has 0 bridgehead atoms. The number of aromatic carboxylic acids is 1. The first-order valence-electron chi connectivity index (χ1n) is 13.0. The Morgan fingerprint density at radius 1 is 1.23 bits per heavy atom. The Labute approximate surface area is 227 Å². The van der Waals surface area contributed by atoms with E-state index in [2.05, 4.69) is 18.1 Å². The summed E-state index contributed by atoms with van der Waals surface area (Å²) in [4.78, 5) is 11.7. The molecule has 206 valence electrons. The molecule has 2 aliphatic rings. The molecule has 0 unspecified atom stereocenters. The van der Waals surface area contributed by atoms with E-state index in [0.29, 0.717) is 6.42 Å². The number of halogens is 1. The SMILES string of the molecule is C[C@H](O)CN(C[C@H]1CCC2=Cc3c(cnn3-c3ccc(F)cc3)C[C@@]21C)S(=O)(=O)Cc1ccccc1C(=O)O. The molecule has 10 heteroatoms. The number of fused-ring (bicyclic) bond motifs is 2. The first-order chi connectivity index (χ1) is 18.5. The maximum absolute atomic E-state index is 13.6. The quantitative estimate of drug-likeness (QED) is 0.409. The number of aliphatic hydroxyl groups is 1. The Bertz CT molecular complexity index is 1530. The van der Waals surface area contributed by atoms with Crippen molar-refractivity contribution in [3.05, 3.63) is 88.5 Å². The van der Waals surface area contributed by atoms with Gasteiger partial charge in [0.25, 0.3) is 0 Å². The zero-order chi connectivity index (χ0) is 27.9. The molecule has 1 saturated carbocycles. The highest BCUT2D eigenvalue weighted by molar-refractivity contribution is 7.88. The van der Waals surface area contributed by atoms with E-state index < -0.39 is 27.8 Å². The van der Waals surface area contributed by atoms with Crippen LogP contribution in [0.4, 0.5) is 4.39 Å². The van der Waals surface area contributed by atoms with Gasteiger partial charge >= 0.3 is 5.97 Å². The van der Waals surface area contributed by atoms with E-state index in [1.807, 2.05) is 6.20 Å². The molecule has 5 rings (SSSR count). The Kier molecular flexibility index (Phi) is 7.21. The fraction of sp³-hybridized carbons (Fsp3) is 0.379. The van der Waals surface area contributed by atoms with Crippen LogP contribution in [0.1, 0.15) is 53.9 Å². The molecule has 1 heterocycles. The van der Waals surface area contributed by atoms with E-state index >= 15 is 0 Å². The van der Waals surface area contributed by atoms with Gasteiger partial charge in [0.15, 0.2) is 0 Å². The first kappa shape index (κ1) is 27.2. The molecule has 2 aliphatic carbocycles. The molecular formula is C29H32FN3O5S. The smallest absolute Gasteiger partial charge is 0.335 e. The van der Waals surface area contributed by atoms with Crippen LogP contribution in [0.2, 0.25) is 0 Å². The number of rotatable bonds is 9. The average molecular weight is 554 g/mol. The van der Waals surface area contributed by atoms with Crippen molar-refractivity contribution in [1.29, 1.82) is 0 Å². The van der Waals surface area contributed by atoms with Gasteiger partial charge in [-0.2, -0.15) is 9.40 Å². The van der Waals surface area contributed by atoms with Crippen molar-refractivity contribution in [2.75, 3.05) is 13.1 Å². The van der Waals surface area contributed by atoms with Gasteiger partial charge in [-0.1, -0.05) is 30.7 Å². The minimum Gasteiger partial charge on any atom is -0.478 e. The van der Waals surface area contributed by atoms with Crippen molar-refractivity contribution in [1.82, 2.24) is 14.1 Å². The van der Waals surface area contributed by atoms with Crippen molar-refractivity contribution >= 4 is 22.1 Å². The lowest BCUT2D eigenvalue weighted by Gasteiger charge is -2.38. The van der Waals surface area contributed by atoms with Crippen LogP contribution in [-0.4, -0.2) is 57.9 Å². The largest absolute Gasteiger partial charge is 0.478 e. The third-order valence-corrected chi connectivity index (χ3v) is 9.85. The van der Waals surface area contributed by atoms with Gasteiger partial charge in [0.05, 0.1) is 35.0 Å². The molecule has 2 N–H and O–H groups in total. The minimum absolute atomic E-state index is 0.00527. The molecule has 8 nitrogen and oxygen atoms in total. The summed E-state index contributed by atoms with van der Waals surface area (Å²) >= 11 is 0. The van der Waals surface area contributed by atoms with Crippen LogP contribution in [0.3, 0.4) is 0 Å². The van der Waals surface area contributed by atoms with E-state index in [9.17, 15) is 27.8 Å². The Hall–Kier alpha value is -3.34. The maximum atomic E-state index is 13.6. The number of aromatic nitrogens is 2. The van der Waals surface area contributed by atoms with Gasteiger partial charge in [-0.05, 0) is 85.1 Å². The van der Waals surface area contributed by atoms with Crippen molar-refractivity contribution in [2.45, 2.75) is 45.0 Å². The summed E-state index contributed by atoms with van der Waals surface area (Å²) in [6.07, 6.45) is 5.34. The van der Waals surface area contributed by atoms with Crippen LogP contribution in [-0.2, 0) is 22.2 Å². The van der Waals surface area contributed by atoms with Crippen LogP contribution in [0.25, 0.3) is 11.8 Å². The second kappa shape index (κ2) is 10.3. The molecule has 39 heavy (non-hydrogen) atoms. The summed E-state index contributed by atoms with van der Waals surface area (Å²) in [6.45, 7) is 3.85. The highest BCUT2D eigenvalue weighted by atomic mass is 32.2. The van der Waals surface area contributed by atoms with Gasteiger partial charge in [-0.25, -0.2) is 22.3 Å². The van der Waals surface area contributed by atoms with Gasteiger partial charge in [0, 0.05) is 13.1 Å². The summed E-state index contributed by atoms with van der Waals surface area (Å²) in [5.74, 6) is -1.95. The summed E-state index contributed by atoms with van der Waals surface area (Å²) in [5, 5.41) is 24.3. The highest BCUT2D eigenvalue weighted by Gasteiger charge is 2.47. The predicted molar refractivity (Wildman–Crippen MR) is 145 cm³/mol. The molecule has 1 fully saturated rings. The van der Waals surface area contributed by atoms with Crippen LogP contribution in [0.15, 0.2) is 60.3 Å². The minimum atomic E-state index is -3.93. The fourth-order valence-electron chi connectivity index (χ4n) is 6.00. The number of aliphatic hydroxyl groups excluding tert-OH is 1. The lowest BCUT2D eigenvalue weighted by atomic mass is 9.70. The molecule has 0 amide bonds. The fourth-order valence-corrected chi connectivity index (χ4v) is 7.68. The topological polar surface area (TPSA) is 113 Å². The Balaban J connectivity index is 1.41. The number of carbonyl (C=O) groups is 1. The number of sulfonamides is 1. The van der Waals surface area contributed by atoms with Gasteiger partial charge in [0.2, 0.25) is 10.0 Å². The number of carboxylic acids is 1. The van der Waals surface area contributed by atoms with Gasteiger partial charge in [0.1, 0.15) is 5.82 Å². The molecule has 3 aromatic rings. The second-order valence-electron chi connectivity index (χ2n) is 10.8. The lowest BCUT2D eigenvalue weighted by Crippen LogP contribution is -2.44. The van der Waals surface area contributed by atoms with E-state index in [-0.39, 0.29) is 41.4 Å². The maximum Gasteiger partial charge on any atom is 0.335 e. The van der Waals surface area contributed by atoms with E-state index in [1.165, 1.54) is 34.1 Å². The molecular weight excluding hydrogens is 521 g/mol. The molecule has 0 spiro atoms. The van der Waals surface area contributed by atoms with Crippen molar-refractivity contribution in [3.63, 3.8) is 0 Å². The number of allylic oxidation sites excluding steroid dienone is 1. The van der Waals surface area contributed by atoms with Crippen LogP contribution in [0.5, 0.6) is 0 Å². The number of nitrogens with zero attached hydrogens (tertiary/aromatic N) is 3. The number of benzene rings is 2. The first-order valence-corrected chi connectivity index (χ1v) is 14.6. The molecule has 0 radical (unpaired) electrons. The molecule has 3 atom stereocenters. The van der Waals surface area contributed by atoms with Crippen molar-refractivity contribution in [3.8, 4) is 5.69 Å². The summed E-state index contributed by atoms with van der Waals surface area (Å²) in [7, 11) is -3.93. The Morgan fingerprint density at radius 3 is 2.64 bits per heavy atom. The van der Waals surface area contributed by atoms with Gasteiger partial charge in [-0.3, -0.25) is 0 Å². The van der Waals surface area contributed by atoms with Crippen LogP contribution >= 0.6 is 0 Å². The van der Waals surface area contributed by atoms with E-state index in [1.54, 1.807) is 35.9 Å². The summed E-state index contributed by atoms with van der Waals surface area (Å²) in [5.41, 5.74) is 3.85. The predicted octanol–water partition coefficient (Wildman–Crippen LogP) is 4.28. The molecule has 0 aliphatic heterocycles. The standard InChI is InChI=1S/C29H32FN3O5S/c1-19(34)16-32(39(37,38)18-20-5-3-4-6-26(20)28(35)36)17-23-8-7-22-13-27-21(14-29(22,23)2)15-31-33(27)25-11-9-24(30)10-12-25/h3-6,9-13,15,19,23,34H,7-8,14,16-18H2,1-2H3,(H,35,36)/t19-,23+,29-/m0/s1. The monoisotopic (exact) mass is 553 g/mol. The second-order valence-corrected chi connectivity index (χ2v) is 12.8. The molecule has 2 aromatic carbocycles. The summed E-state index contributed by atoms with van der Waals surface area (Å²) in [6, 6.07) is 12.3. The zero-order valence-corrected chi connectivity index (χ0v) is 22.7. The van der Waals surface area contributed by atoms with Crippen LogP contribution < -0.4 is 0 Å². The third-order valence-electron chi connectivity index (χ3n) is 8.09. The summed E-state index contributed by atoms with van der Waals surface area (Å²) < 4.78 is 43.8. The van der Waals surface area contributed by atoms with Crippen LogP contribution in [0, 0.1) is 17.2 Å². The van der Waals surface area contributed by atoms with Gasteiger partial charge < -0.3 is 10.2 Å². The van der Waals surface area contributed by atoms with E-state index in [0.717, 1.165) is 29.8 Å². The van der Waals surface area contributed by atoms with Crippen molar-refractivity contribution < 1.29 is 27.8 Å². The highest BCUT2D eigenvalue weighted by Crippen LogP contribution is 2.53. The molecule has 0 saturated heterocycles. The lowest BCUT2D eigenvalue weighted by molar-refractivity contribution is 0.0696. The molecule has 1 aromatic heterocycles. The normalized spacial score (nSPS) is 21.4.